The molecule has 0 fully saturated rings. The van der Waals surface area contributed by atoms with E-state index in [1.165, 1.54) is 33.8 Å². The Morgan fingerprint density at radius 1 is 0.710 bits per heavy atom. The Labute approximate surface area is 189 Å². The molecule has 0 unspecified atom stereocenters. The molecule has 2 amide bonds. The van der Waals surface area contributed by atoms with Crippen molar-refractivity contribution in [1.82, 2.24) is 0 Å². The predicted molar refractivity (Wildman–Crippen MR) is 130 cm³/mol. The number of thiophene rings is 2. The SMILES string of the molecule is Cc1cc(Cc2ccc(NC(=O)c3cccs3)c(C)c2)ccc1NC(=O)c1cccs1. The molecule has 6 heteroatoms. The van der Waals surface area contributed by atoms with Crippen molar-refractivity contribution in [2.24, 2.45) is 0 Å². The second-order valence-corrected chi connectivity index (χ2v) is 9.23. The third-order valence-corrected chi connectivity index (χ3v) is 6.71. The molecule has 31 heavy (non-hydrogen) atoms. The molecule has 0 aliphatic rings. The fourth-order valence-electron chi connectivity index (χ4n) is 3.37. The molecule has 2 heterocycles. The van der Waals surface area contributed by atoms with Gasteiger partial charge in [-0.3, -0.25) is 9.59 Å². The van der Waals surface area contributed by atoms with Crippen LogP contribution in [-0.4, -0.2) is 11.8 Å². The number of hydrogen-bond donors (Lipinski definition) is 2. The molecule has 156 valence electrons. The molecule has 0 radical (unpaired) electrons. The molecule has 2 N–H and O–H groups in total. The average Bonchev–Trinajstić information content (AvgIpc) is 3.46. The first-order chi connectivity index (χ1) is 15.0. The second kappa shape index (κ2) is 9.29. The van der Waals surface area contributed by atoms with Gasteiger partial charge in [-0.2, -0.15) is 0 Å². The lowest BCUT2D eigenvalue weighted by atomic mass is 10.00. The smallest absolute Gasteiger partial charge is 0.265 e. The molecule has 0 atom stereocenters. The number of carbonyl (C=O) groups excluding carboxylic acids is 2. The summed E-state index contributed by atoms with van der Waals surface area (Å²) in [6.45, 7) is 4.00. The standard InChI is InChI=1S/C25H22N2O2S2/c1-16-13-18(7-9-20(16)26-24(28)22-5-3-11-30-22)15-19-8-10-21(17(2)14-19)27-25(29)23-6-4-12-31-23/h3-14H,15H2,1-2H3,(H,26,28)(H,27,29). The van der Waals surface area contributed by atoms with Crippen molar-refractivity contribution < 1.29 is 9.59 Å². The van der Waals surface area contributed by atoms with E-state index >= 15 is 0 Å². The van der Waals surface area contributed by atoms with Crippen molar-refractivity contribution in [1.29, 1.82) is 0 Å². The lowest BCUT2D eigenvalue weighted by molar-refractivity contribution is 0.102. The van der Waals surface area contributed by atoms with Gasteiger partial charge < -0.3 is 10.6 Å². The van der Waals surface area contributed by atoms with E-state index in [-0.39, 0.29) is 11.8 Å². The first kappa shape index (κ1) is 21.0. The van der Waals surface area contributed by atoms with E-state index in [1.54, 1.807) is 0 Å². The zero-order chi connectivity index (χ0) is 21.8. The molecular formula is C25H22N2O2S2. The van der Waals surface area contributed by atoms with Crippen molar-refractivity contribution in [2.75, 3.05) is 10.6 Å². The molecule has 4 aromatic rings. The van der Waals surface area contributed by atoms with Crippen LogP contribution in [0.1, 0.15) is 41.6 Å². The minimum absolute atomic E-state index is 0.0818. The van der Waals surface area contributed by atoms with Gasteiger partial charge in [0.05, 0.1) is 9.75 Å². The van der Waals surface area contributed by atoms with Gasteiger partial charge in [0.1, 0.15) is 0 Å². The van der Waals surface area contributed by atoms with E-state index in [0.717, 1.165) is 28.9 Å². The Morgan fingerprint density at radius 2 is 1.16 bits per heavy atom. The molecule has 2 aromatic heterocycles. The van der Waals surface area contributed by atoms with E-state index in [0.29, 0.717) is 9.75 Å². The summed E-state index contributed by atoms with van der Waals surface area (Å²) < 4.78 is 0. The molecule has 0 spiro atoms. The van der Waals surface area contributed by atoms with E-state index in [4.69, 9.17) is 0 Å². The monoisotopic (exact) mass is 446 g/mol. The molecule has 0 saturated carbocycles. The highest BCUT2D eigenvalue weighted by Crippen LogP contribution is 2.23. The molecule has 4 rings (SSSR count). The van der Waals surface area contributed by atoms with Crippen LogP contribution >= 0.6 is 22.7 Å². The molecule has 0 aliphatic carbocycles. The van der Waals surface area contributed by atoms with Crippen molar-refractivity contribution >= 4 is 45.9 Å². The quantitative estimate of drug-likeness (QED) is 0.354. The van der Waals surface area contributed by atoms with Gasteiger partial charge in [-0.25, -0.2) is 0 Å². The Kier molecular flexibility index (Phi) is 6.30. The van der Waals surface area contributed by atoms with Gasteiger partial charge in [0.15, 0.2) is 0 Å². The van der Waals surface area contributed by atoms with Crippen molar-refractivity contribution in [3.05, 3.63) is 103 Å². The fraction of sp³-hybridized carbons (Fsp3) is 0.120. The number of anilines is 2. The summed E-state index contributed by atoms with van der Waals surface area (Å²) >= 11 is 2.86. The Hall–Kier alpha value is -3.22. The number of carbonyl (C=O) groups is 2. The lowest BCUT2D eigenvalue weighted by Gasteiger charge is -2.12. The van der Waals surface area contributed by atoms with E-state index in [2.05, 4.69) is 22.8 Å². The third kappa shape index (κ3) is 5.10. The Bertz CT molecular complexity index is 1120. The summed E-state index contributed by atoms with van der Waals surface area (Å²) in [7, 11) is 0. The molecule has 4 nitrogen and oxygen atoms in total. The van der Waals surface area contributed by atoms with Crippen LogP contribution in [-0.2, 0) is 6.42 Å². The van der Waals surface area contributed by atoms with Crippen LogP contribution in [0, 0.1) is 13.8 Å². The number of nitrogens with one attached hydrogen (secondary N) is 2. The van der Waals surface area contributed by atoms with Gasteiger partial charge >= 0.3 is 0 Å². The van der Waals surface area contributed by atoms with E-state index in [1.807, 2.05) is 73.1 Å². The van der Waals surface area contributed by atoms with Crippen LogP contribution in [0.2, 0.25) is 0 Å². The third-order valence-electron chi connectivity index (χ3n) is 4.98. The van der Waals surface area contributed by atoms with Gasteiger partial charge in [0.2, 0.25) is 0 Å². The highest BCUT2D eigenvalue weighted by molar-refractivity contribution is 7.12. The van der Waals surface area contributed by atoms with Crippen LogP contribution in [0.4, 0.5) is 11.4 Å². The van der Waals surface area contributed by atoms with Gasteiger partial charge in [-0.15, -0.1) is 22.7 Å². The zero-order valence-electron chi connectivity index (χ0n) is 17.3. The molecule has 0 bridgehead atoms. The molecule has 0 aliphatic heterocycles. The highest BCUT2D eigenvalue weighted by atomic mass is 32.1. The number of rotatable bonds is 6. The lowest BCUT2D eigenvalue weighted by Crippen LogP contribution is -2.11. The summed E-state index contributed by atoms with van der Waals surface area (Å²) in [6, 6.07) is 19.6. The Morgan fingerprint density at radius 3 is 1.52 bits per heavy atom. The number of amides is 2. The van der Waals surface area contributed by atoms with Crippen molar-refractivity contribution in [3.8, 4) is 0 Å². The minimum atomic E-state index is -0.0818. The zero-order valence-corrected chi connectivity index (χ0v) is 18.9. The van der Waals surface area contributed by atoms with E-state index in [9.17, 15) is 9.59 Å². The number of hydrogen-bond acceptors (Lipinski definition) is 4. The van der Waals surface area contributed by atoms with Crippen LogP contribution in [0.25, 0.3) is 0 Å². The maximum atomic E-state index is 12.3. The van der Waals surface area contributed by atoms with Crippen LogP contribution in [0.5, 0.6) is 0 Å². The van der Waals surface area contributed by atoms with Crippen LogP contribution in [0.3, 0.4) is 0 Å². The average molecular weight is 447 g/mol. The van der Waals surface area contributed by atoms with Gasteiger partial charge in [0.25, 0.3) is 11.8 Å². The maximum Gasteiger partial charge on any atom is 0.265 e. The van der Waals surface area contributed by atoms with Crippen LogP contribution < -0.4 is 10.6 Å². The van der Waals surface area contributed by atoms with Crippen LogP contribution in [0.15, 0.2) is 71.4 Å². The van der Waals surface area contributed by atoms with Crippen molar-refractivity contribution in [2.45, 2.75) is 20.3 Å². The van der Waals surface area contributed by atoms with Gasteiger partial charge in [-0.1, -0.05) is 36.4 Å². The topological polar surface area (TPSA) is 58.2 Å². The minimum Gasteiger partial charge on any atom is -0.321 e. The largest absolute Gasteiger partial charge is 0.321 e. The molecular weight excluding hydrogens is 424 g/mol. The summed E-state index contributed by atoms with van der Waals surface area (Å²) in [5.74, 6) is -0.164. The fourth-order valence-corrected chi connectivity index (χ4v) is 4.61. The first-order valence-electron chi connectivity index (χ1n) is 9.88. The summed E-state index contributed by atoms with van der Waals surface area (Å²) in [6.07, 6.45) is 0.778. The summed E-state index contributed by atoms with van der Waals surface area (Å²) in [5, 5.41) is 9.75. The summed E-state index contributed by atoms with van der Waals surface area (Å²) in [5.41, 5.74) is 6.04. The maximum absolute atomic E-state index is 12.3. The van der Waals surface area contributed by atoms with E-state index < -0.39 is 0 Å². The highest BCUT2D eigenvalue weighted by Gasteiger charge is 2.11. The Balaban J connectivity index is 1.43. The number of aryl methyl sites for hydroxylation is 2. The number of benzene rings is 2. The van der Waals surface area contributed by atoms with Gasteiger partial charge in [-0.05, 0) is 77.5 Å². The predicted octanol–water partition coefficient (Wildman–Crippen LogP) is 6.52. The normalized spacial score (nSPS) is 10.6. The molecule has 2 aromatic carbocycles. The van der Waals surface area contributed by atoms with Crippen molar-refractivity contribution in [3.63, 3.8) is 0 Å². The molecule has 0 saturated heterocycles. The van der Waals surface area contributed by atoms with Gasteiger partial charge in [0, 0.05) is 11.4 Å². The first-order valence-corrected chi connectivity index (χ1v) is 11.6. The summed E-state index contributed by atoms with van der Waals surface area (Å²) in [4.78, 5) is 26.0. The second-order valence-electron chi connectivity index (χ2n) is 7.34.